The van der Waals surface area contributed by atoms with Crippen LogP contribution in [0.5, 0.6) is 0 Å². The predicted octanol–water partition coefficient (Wildman–Crippen LogP) is 3.40. The minimum absolute atomic E-state index is 0.117. The van der Waals surface area contributed by atoms with Crippen molar-refractivity contribution in [2.75, 3.05) is 0 Å². The van der Waals surface area contributed by atoms with Crippen LogP contribution in [0, 0.1) is 6.92 Å². The summed E-state index contributed by atoms with van der Waals surface area (Å²) in [5, 5.41) is 12.1. The zero-order valence-corrected chi connectivity index (χ0v) is 12.2. The fourth-order valence-corrected chi connectivity index (χ4v) is 2.41. The molecule has 0 aromatic carbocycles. The Balaban J connectivity index is 2.35. The van der Waals surface area contributed by atoms with Gasteiger partial charge in [-0.05, 0) is 13.3 Å². The van der Waals surface area contributed by atoms with Gasteiger partial charge in [0, 0.05) is 23.1 Å². The molecule has 0 saturated carbocycles. The molecule has 0 fully saturated rings. The highest BCUT2D eigenvalue weighted by atomic mass is 15.4. The van der Waals surface area contributed by atoms with Crippen LogP contribution in [0.1, 0.15) is 64.0 Å². The lowest BCUT2D eigenvalue weighted by molar-refractivity contribution is 0.555. The van der Waals surface area contributed by atoms with Gasteiger partial charge in [0.15, 0.2) is 11.5 Å². The maximum absolute atomic E-state index is 4.31. The van der Waals surface area contributed by atoms with E-state index < -0.39 is 0 Å². The van der Waals surface area contributed by atoms with E-state index in [-0.39, 0.29) is 5.41 Å². The Kier molecular flexibility index (Phi) is 3.46. The van der Waals surface area contributed by atoms with Crippen LogP contribution in [0.3, 0.4) is 0 Å². The first-order chi connectivity index (χ1) is 8.45. The molecule has 0 atom stereocenters. The lowest BCUT2D eigenvalue weighted by atomic mass is 9.90. The zero-order chi connectivity index (χ0) is 13.3. The van der Waals surface area contributed by atoms with Crippen molar-refractivity contribution in [3.63, 3.8) is 0 Å². The number of aromatic amines is 1. The van der Waals surface area contributed by atoms with E-state index in [0.29, 0.717) is 0 Å². The Morgan fingerprint density at radius 2 is 1.89 bits per heavy atom. The van der Waals surface area contributed by atoms with Crippen molar-refractivity contribution in [1.29, 1.82) is 0 Å². The molecule has 0 spiro atoms. The maximum atomic E-state index is 4.31. The van der Waals surface area contributed by atoms with E-state index in [9.17, 15) is 0 Å². The van der Waals surface area contributed by atoms with Crippen LogP contribution < -0.4 is 0 Å². The van der Waals surface area contributed by atoms with Gasteiger partial charge in [0.25, 0.3) is 0 Å². The Morgan fingerprint density at radius 1 is 1.17 bits per heavy atom. The van der Waals surface area contributed by atoms with Crippen molar-refractivity contribution in [3.8, 4) is 0 Å². The van der Waals surface area contributed by atoms with Crippen LogP contribution in [0.25, 0.3) is 5.65 Å². The largest absolute Gasteiger partial charge is 0.294 e. The molecular weight excluding hydrogens is 224 g/mol. The van der Waals surface area contributed by atoms with E-state index in [1.807, 2.05) is 0 Å². The molecule has 2 rings (SSSR count). The van der Waals surface area contributed by atoms with Crippen molar-refractivity contribution in [2.45, 2.75) is 65.7 Å². The first kappa shape index (κ1) is 13.1. The Hall–Kier alpha value is -1.32. The SMILES string of the molecule is CCCCCc1nnc2c(C)c(C(C)(C)C)[nH]n12. The van der Waals surface area contributed by atoms with E-state index in [0.717, 1.165) is 17.9 Å². The number of nitrogens with one attached hydrogen (secondary N) is 1. The number of fused-ring (bicyclic) bond motifs is 1. The topological polar surface area (TPSA) is 46.0 Å². The minimum atomic E-state index is 0.117. The Morgan fingerprint density at radius 3 is 2.50 bits per heavy atom. The van der Waals surface area contributed by atoms with Crippen LogP contribution in [-0.2, 0) is 11.8 Å². The van der Waals surface area contributed by atoms with E-state index in [2.05, 4.69) is 54.4 Å². The average molecular weight is 248 g/mol. The van der Waals surface area contributed by atoms with Crippen LogP contribution in [0.2, 0.25) is 0 Å². The van der Waals surface area contributed by atoms with Gasteiger partial charge < -0.3 is 0 Å². The van der Waals surface area contributed by atoms with Gasteiger partial charge in [-0.2, -0.15) is 0 Å². The first-order valence-corrected chi connectivity index (χ1v) is 6.88. The molecule has 4 heteroatoms. The Labute approximate surface area is 109 Å². The molecule has 0 aliphatic heterocycles. The smallest absolute Gasteiger partial charge is 0.180 e. The van der Waals surface area contributed by atoms with Crippen molar-refractivity contribution >= 4 is 5.65 Å². The Bertz CT molecular complexity index is 528. The van der Waals surface area contributed by atoms with Gasteiger partial charge in [-0.15, -0.1) is 10.2 Å². The van der Waals surface area contributed by atoms with Gasteiger partial charge in [0.05, 0.1) is 0 Å². The summed E-state index contributed by atoms with van der Waals surface area (Å²) in [4.78, 5) is 0. The minimum Gasteiger partial charge on any atom is -0.294 e. The highest BCUT2D eigenvalue weighted by Crippen LogP contribution is 2.26. The van der Waals surface area contributed by atoms with Gasteiger partial charge in [-0.25, -0.2) is 4.52 Å². The van der Waals surface area contributed by atoms with Crippen molar-refractivity contribution < 1.29 is 0 Å². The summed E-state index contributed by atoms with van der Waals surface area (Å²) >= 11 is 0. The molecule has 100 valence electrons. The van der Waals surface area contributed by atoms with Crippen LogP contribution >= 0.6 is 0 Å². The monoisotopic (exact) mass is 248 g/mol. The molecule has 0 aliphatic carbocycles. The standard InChI is InChI=1S/C14H24N4/c1-6-7-8-9-11-15-16-13-10(2)12(14(3,4)5)17-18(11)13/h17H,6-9H2,1-5H3. The number of hydrogen-bond acceptors (Lipinski definition) is 2. The molecule has 2 heterocycles. The lowest BCUT2D eigenvalue weighted by Gasteiger charge is -2.17. The molecular formula is C14H24N4. The number of unbranched alkanes of at least 4 members (excludes halogenated alkanes) is 2. The molecule has 2 aromatic rings. The quantitative estimate of drug-likeness (QED) is 0.843. The van der Waals surface area contributed by atoms with Crippen molar-refractivity contribution in [3.05, 3.63) is 17.1 Å². The van der Waals surface area contributed by atoms with Gasteiger partial charge in [0.1, 0.15) is 0 Å². The molecule has 0 saturated heterocycles. The van der Waals surface area contributed by atoms with Crippen LogP contribution in [0.4, 0.5) is 0 Å². The van der Waals surface area contributed by atoms with Gasteiger partial charge >= 0.3 is 0 Å². The third-order valence-corrected chi connectivity index (χ3v) is 3.42. The molecule has 18 heavy (non-hydrogen) atoms. The average Bonchev–Trinajstić information content (AvgIpc) is 2.80. The van der Waals surface area contributed by atoms with E-state index in [1.165, 1.54) is 30.5 Å². The molecule has 0 radical (unpaired) electrons. The van der Waals surface area contributed by atoms with E-state index >= 15 is 0 Å². The van der Waals surface area contributed by atoms with Gasteiger partial charge in [0.2, 0.25) is 0 Å². The number of nitrogens with zero attached hydrogens (tertiary/aromatic N) is 3. The summed E-state index contributed by atoms with van der Waals surface area (Å²) in [6.07, 6.45) is 4.67. The lowest BCUT2D eigenvalue weighted by Crippen LogP contribution is -2.14. The normalized spacial score (nSPS) is 12.5. The molecule has 0 bridgehead atoms. The van der Waals surface area contributed by atoms with Crippen LogP contribution in [0.15, 0.2) is 0 Å². The number of H-pyrrole nitrogens is 1. The summed E-state index contributed by atoms with van der Waals surface area (Å²) in [6, 6.07) is 0. The summed E-state index contributed by atoms with van der Waals surface area (Å²) in [6.45, 7) is 11.0. The summed E-state index contributed by atoms with van der Waals surface area (Å²) < 4.78 is 2.06. The van der Waals surface area contributed by atoms with E-state index in [1.54, 1.807) is 0 Å². The summed E-state index contributed by atoms with van der Waals surface area (Å²) in [5.41, 5.74) is 3.57. The summed E-state index contributed by atoms with van der Waals surface area (Å²) in [7, 11) is 0. The third kappa shape index (κ3) is 2.28. The fourth-order valence-electron chi connectivity index (χ4n) is 2.41. The molecule has 0 unspecified atom stereocenters. The second-order valence-electron chi connectivity index (χ2n) is 6.09. The molecule has 1 N–H and O–H groups in total. The fraction of sp³-hybridized carbons (Fsp3) is 0.714. The molecule has 0 aliphatic rings. The summed E-state index contributed by atoms with van der Waals surface area (Å²) in [5.74, 6) is 1.05. The number of aromatic nitrogens is 4. The molecule has 4 nitrogen and oxygen atoms in total. The molecule has 2 aromatic heterocycles. The predicted molar refractivity (Wildman–Crippen MR) is 74.0 cm³/mol. The number of hydrogen-bond donors (Lipinski definition) is 1. The van der Waals surface area contributed by atoms with Crippen molar-refractivity contribution in [2.24, 2.45) is 0 Å². The van der Waals surface area contributed by atoms with Gasteiger partial charge in [-0.1, -0.05) is 40.5 Å². The second kappa shape index (κ2) is 4.75. The maximum Gasteiger partial charge on any atom is 0.180 e. The second-order valence-corrected chi connectivity index (χ2v) is 6.09. The highest BCUT2D eigenvalue weighted by Gasteiger charge is 2.22. The number of aryl methyl sites for hydroxylation is 2. The van der Waals surface area contributed by atoms with Crippen molar-refractivity contribution in [1.82, 2.24) is 19.8 Å². The van der Waals surface area contributed by atoms with E-state index in [4.69, 9.17) is 0 Å². The van der Waals surface area contributed by atoms with Gasteiger partial charge in [-0.3, -0.25) is 5.10 Å². The molecule has 0 amide bonds. The van der Waals surface area contributed by atoms with Crippen LogP contribution in [-0.4, -0.2) is 19.8 Å². The highest BCUT2D eigenvalue weighted by molar-refractivity contribution is 5.50. The number of rotatable bonds is 4. The third-order valence-electron chi connectivity index (χ3n) is 3.42. The first-order valence-electron chi connectivity index (χ1n) is 6.88. The zero-order valence-electron chi connectivity index (χ0n) is 12.2.